The van der Waals surface area contributed by atoms with Gasteiger partial charge in [0.25, 0.3) is 0 Å². The molecule has 0 radical (unpaired) electrons. The lowest BCUT2D eigenvalue weighted by Gasteiger charge is -2.34. The third-order valence-corrected chi connectivity index (χ3v) is 4.72. The first-order valence-corrected chi connectivity index (χ1v) is 8.54. The Morgan fingerprint density at radius 2 is 2.04 bits per heavy atom. The molecule has 2 aromatic rings. The van der Waals surface area contributed by atoms with Gasteiger partial charge < -0.3 is 9.64 Å². The Hall–Kier alpha value is -1.37. The van der Waals surface area contributed by atoms with Gasteiger partial charge in [-0.15, -0.1) is 0 Å². The van der Waals surface area contributed by atoms with E-state index >= 15 is 0 Å². The zero-order valence-corrected chi connectivity index (χ0v) is 15.1. The zero-order chi connectivity index (χ0) is 16.4. The van der Waals surface area contributed by atoms with Gasteiger partial charge in [-0.1, -0.05) is 27.5 Å². The number of hydrogen-bond donors (Lipinski definition) is 0. The largest absolute Gasteiger partial charge is 0.468 e. The number of pyridine rings is 1. The third-order valence-electron chi connectivity index (χ3n) is 3.97. The van der Waals surface area contributed by atoms with Crippen LogP contribution in [0, 0.1) is 0 Å². The van der Waals surface area contributed by atoms with E-state index in [-0.39, 0.29) is 5.97 Å². The molecule has 1 aliphatic rings. The summed E-state index contributed by atoms with van der Waals surface area (Å²) in [6, 6.07) is 7.91. The third kappa shape index (κ3) is 3.76. The summed E-state index contributed by atoms with van der Waals surface area (Å²) in [6.07, 6.45) is 0. The molecule has 5 nitrogen and oxygen atoms in total. The highest BCUT2D eigenvalue weighted by Crippen LogP contribution is 2.28. The number of fused-ring (bicyclic) bond motifs is 1. The summed E-state index contributed by atoms with van der Waals surface area (Å²) in [4.78, 5) is 20.3. The van der Waals surface area contributed by atoms with Gasteiger partial charge in [0.15, 0.2) is 0 Å². The highest BCUT2D eigenvalue weighted by Gasteiger charge is 2.20. The number of benzene rings is 1. The molecular weight excluding hydrogens is 382 g/mol. The molecule has 0 spiro atoms. The second kappa shape index (κ2) is 7.03. The predicted octanol–water partition coefficient (Wildman–Crippen LogP) is 2.95. The van der Waals surface area contributed by atoms with Crippen LogP contribution in [0.3, 0.4) is 0 Å². The molecule has 0 atom stereocenters. The van der Waals surface area contributed by atoms with E-state index in [9.17, 15) is 4.79 Å². The maximum absolute atomic E-state index is 11.3. The first-order valence-electron chi connectivity index (χ1n) is 7.37. The van der Waals surface area contributed by atoms with Crippen LogP contribution in [0.15, 0.2) is 28.7 Å². The smallest absolute Gasteiger partial charge is 0.319 e. The van der Waals surface area contributed by atoms with Gasteiger partial charge in [-0.25, -0.2) is 4.98 Å². The summed E-state index contributed by atoms with van der Waals surface area (Å²) < 4.78 is 5.66. The SMILES string of the molecule is COC(=O)CN1CCN(c2ccc3cc(Br)cc(Cl)c3n2)CC1. The van der Waals surface area contributed by atoms with Crippen molar-refractivity contribution >= 4 is 50.2 Å². The monoisotopic (exact) mass is 397 g/mol. The van der Waals surface area contributed by atoms with Crippen molar-refractivity contribution in [2.75, 3.05) is 44.7 Å². The Morgan fingerprint density at radius 1 is 1.30 bits per heavy atom. The maximum atomic E-state index is 11.3. The highest BCUT2D eigenvalue weighted by molar-refractivity contribution is 9.10. The van der Waals surface area contributed by atoms with Crippen molar-refractivity contribution < 1.29 is 9.53 Å². The lowest BCUT2D eigenvalue weighted by Crippen LogP contribution is -2.48. The minimum atomic E-state index is -0.195. The second-order valence-corrected chi connectivity index (χ2v) is 6.79. The molecule has 0 amide bonds. The van der Waals surface area contributed by atoms with E-state index in [0.29, 0.717) is 11.6 Å². The summed E-state index contributed by atoms with van der Waals surface area (Å²) in [6.45, 7) is 3.61. The molecule has 0 aliphatic carbocycles. The van der Waals surface area contributed by atoms with Crippen molar-refractivity contribution in [2.24, 2.45) is 0 Å². The summed E-state index contributed by atoms with van der Waals surface area (Å²) in [5.41, 5.74) is 0.810. The molecule has 0 saturated carbocycles. The fraction of sp³-hybridized carbons (Fsp3) is 0.375. The molecule has 1 aromatic heterocycles. The number of anilines is 1. The molecule has 3 rings (SSSR count). The Morgan fingerprint density at radius 3 is 2.74 bits per heavy atom. The maximum Gasteiger partial charge on any atom is 0.319 e. The zero-order valence-electron chi connectivity index (χ0n) is 12.8. The standard InChI is InChI=1S/C16H17BrClN3O2/c1-23-15(22)10-20-4-6-21(7-5-20)14-3-2-11-8-12(17)9-13(18)16(11)19-14/h2-3,8-9H,4-7,10H2,1H3. The van der Waals surface area contributed by atoms with Crippen molar-refractivity contribution in [1.82, 2.24) is 9.88 Å². The number of carbonyl (C=O) groups excluding carboxylic acids is 1. The molecule has 1 aromatic carbocycles. The van der Waals surface area contributed by atoms with Gasteiger partial charge in [0, 0.05) is 36.0 Å². The molecule has 1 aliphatic heterocycles. The van der Waals surface area contributed by atoms with Crippen LogP contribution < -0.4 is 4.90 Å². The molecule has 1 saturated heterocycles. The summed E-state index contributed by atoms with van der Waals surface area (Å²) in [5, 5.41) is 1.65. The lowest BCUT2D eigenvalue weighted by molar-refractivity contribution is -0.142. The number of carbonyl (C=O) groups is 1. The number of rotatable bonds is 3. The van der Waals surface area contributed by atoms with Crippen molar-refractivity contribution in [1.29, 1.82) is 0 Å². The first kappa shape index (κ1) is 16.5. The molecule has 7 heteroatoms. The van der Waals surface area contributed by atoms with Crippen LogP contribution in [0.25, 0.3) is 10.9 Å². The molecule has 0 bridgehead atoms. The van der Waals surface area contributed by atoms with E-state index < -0.39 is 0 Å². The van der Waals surface area contributed by atoms with Crippen molar-refractivity contribution in [2.45, 2.75) is 0 Å². The number of aromatic nitrogens is 1. The molecule has 1 fully saturated rings. The molecule has 122 valence electrons. The normalized spacial score (nSPS) is 15.9. The lowest BCUT2D eigenvalue weighted by atomic mass is 10.2. The van der Waals surface area contributed by atoms with Gasteiger partial charge in [0.1, 0.15) is 5.82 Å². The van der Waals surface area contributed by atoms with Gasteiger partial charge in [-0.3, -0.25) is 9.69 Å². The average molecular weight is 399 g/mol. The summed E-state index contributed by atoms with van der Waals surface area (Å²) in [5.74, 6) is 0.721. The van der Waals surface area contributed by atoms with E-state index in [4.69, 9.17) is 21.3 Å². The van der Waals surface area contributed by atoms with Gasteiger partial charge >= 0.3 is 5.97 Å². The van der Waals surface area contributed by atoms with E-state index in [2.05, 4.69) is 25.7 Å². The van der Waals surface area contributed by atoms with Crippen molar-refractivity contribution in [3.05, 3.63) is 33.8 Å². The number of halogens is 2. The number of methoxy groups -OCH3 is 1. The molecular formula is C16H17BrClN3O2. The summed E-state index contributed by atoms with van der Waals surface area (Å²) in [7, 11) is 1.42. The number of ether oxygens (including phenoxy) is 1. The number of esters is 1. The minimum Gasteiger partial charge on any atom is -0.468 e. The molecule has 0 unspecified atom stereocenters. The minimum absolute atomic E-state index is 0.195. The van der Waals surface area contributed by atoms with Gasteiger partial charge in [-0.2, -0.15) is 0 Å². The van der Waals surface area contributed by atoms with E-state index in [1.54, 1.807) is 0 Å². The topological polar surface area (TPSA) is 45.7 Å². The van der Waals surface area contributed by atoms with Crippen LogP contribution in [0.4, 0.5) is 5.82 Å². The van der Waals surface area contributed by atoms with Crippen molar-refractivity contribution in [3.63, 3.8) is 0 Å². The Labute approximate surface area is 148 Å². The van der Waals surface area contributed by atoms with E-state index in [1.807, 2.05) is 24.3 Å². The van der Waals surface area contributed by atoms with Crippen LogP contribution in [0.2, 0.25) is 5.02 Å². The van der Waals surface area contributed by atoms with Crippen LogP contribution in [0.5, 0.6) is 0 Å². The average Bonchev–Trinajstić information content (AvgIpc) is 2.55. The van der Waals surface area contributed by atoms with Gasteiger partial charge in [-0.05, 0) is 24.3 Å². The number of piperazine rings is 1. The molecule has 23 heavy (non-hydrogen) atoms. The Balaban J connectivity index is 1.73. The first-order chi connectivity index (χ1) is 11.1. The van der Waals surface area contributed by atoms with Crippen LogP contribution in [-0.4, -0.2) is 55.7 Å². The van der Waals surface area contributed by atoms with E-state index in [1.165, 1.54) is 7.11 Å². The molecule has 2 heterocycles. The van der Waals surface area contributed by atoms with Gasteiger partial charge in [0.05, 0.1) is 24.2 Å². The van der Waals surface area contributed by atoms with Crippen LogP contribution in [-0.2, 0) is 9.53 Å². The number of nitrogens with zero attached hydrogens (tertiary/aromatic N) is 3. The highest BCUT2D eigenvalue weighted by atomic mass is 79.9. The quantitative estimate of drug-likeness (QED) is 0.744. The predicted molar refractivity (Wildman–Crippen MR) is 95.1 cm³/mol. The fourth-order valence-electron chi connectivity index (χ4n) is 2.71. The van der Waals surface area contributed by atoms with Gasteiger partial charge in [0.2, 0.25) is 0 Å². The molecule has 0 N–H and O–H groups in total. The Bertz CT molecular complexity index is 733. The van der Waals surface area contributed by atoms with E-state index in [0.717, 1.165) is 47.4 Å². The second-order valence-electron chi connectivity index (χ2n) is 5.47. The van der Waals surface area contributed by atoms with Crippen molar-refractivity contribution in [3.8, 4) is 0 Å². The Kier molecular flexibility index (Phi) is 5.04. The number of hydrogen-bond acceptors (Lipinski definition) is 5. The fourth-order valence-corrected chi connectivity index (χ4v) is 3.58. The van der Waals surface area contributed by atoms with Crippen LogP contribution in [0.1, 0.15) is 0 Å². The summed E-state index contributed by atoms with van der Waals surface area (Å²) >= 11 is 9.74. The van der Waals surface area contributed by atoms with Crippen LogP contribution >= 0.6 is 27.5 Å².